The van der Waals surface area contributed by atoms with E-state index in [1.165, 1.54) is 45.2 Å². The zero-order valence-electron chi connectivity index (χ0n) is 15.8. The highest BCUT2D eigenvalue weighted by Crippen LogP contribution is 2.36. The van der Waals surface area contributed by atoms with E-state index in [9.17, 15) is 19.7 Å². The first kappa shape index (κ1) is 19.8. The van der Waals surface area contributed by atoms with Gasteiger partial charge in [0.1, 0.15) is 0 Å². The third kappa shape index (κ3) is 4.15. The van der Waals surface area contributed by atoms with E-state index in [-0.39, 0.29) is 17.3 Å². The number of non-ortho nitro benzene ring substituents is 1. The number of rotatable bonds is 5. The number of nitro groups is 1. The highest BCUT2D eigenvalue weighted by atomic mass is 16.6. The van der Waals surface area contributed by atoms with Gasteiger partial charge in [0.15, 0.2) is 11.5 Å². The van der Waals surface area contributed by atoms with Gasteiger partial charge in [0.05, 0.1) is 12.0 Å². The van der Waals surface area contributed by atoms with Gasteiger partial charge in [-0.2, -0.15) is 5.01 Å². The molecule has 29 heavy (non-hydrogen) atoms. The predicted molar refractivity (Wildman–Crippen MR) is 100 cm³/mol. The summed E-state index contributed by atoms with van der Waals surface area (Å²) in [6.07, 6.45) is -0.943. The van der Waals surface area contributed by atoms with Gasteiger partial charge in [-0.15, -0.1) is 5.10 Å². The van der Waals surface area contributed by atoms with Crippen molar-refractivity contribution in [2.24, 2.45) is 5.10 Å². The number of methoxy groups -OCH3 is 1. The Balaban J connectivity index is 1.97. The molecule has 0 unspecified atom stereocenters. The van der Waals surface area contributed by atoms with Crippen molar-refractivity contribution in [3.8, 4) is 11.5 Å². The maximum atomic E-state index is 12.1. The normalized spacial score (nSPS) is 15.3. The lowest BCUT2D eigenvalue weighted by Gasteiger charge is -2.20. The van der Waals surface area contributed by atoms with Crippen LogP contribution in [-0.2, 0) is 14.3 Å². The fourth-order valence-corrected chi connectivity index (χ4v) is 2.73. The molecule has 1 amide bonds. The molecular weight excluding hydrogens is 382 g/mol. The van der Waals surface area contributed by atoms with Crippen molar-refractivity contribution in [2.75, 3.05) is 7.11 Å². The minimum atomic E-state index is -0.943. The Hall–Kier alpha value is -3.95. The van der Waals surface area contributed by atoms with Crippen molar-refractivity contribution in [1.82, 2.24) is 5.01 Å². The van der Waals surface area contributed by atoms with Crippen LogP contribution < -0.4 is 9.47 Å². The molecule has 10 nitrogen and oxygen atoms in total. The van der Waals surface area contributed by atoms with Gasteiger partial charge < -0.3 is 14.2 Å². The second-order valence-corrected chi connectivity index (χ2v) is 6.05. The van der Waals surface area contributed by atoms with E-state index in [0.717, 1.165) is 5.01 Å². The quantitative estimate of drug-likeness (QED) is 0.328. The van der Waals surface area contributed by atoms with Gasteiger partial charge in [-0.25, -0.2) is 0 Å². The lowest BCUT2D eigenvalue weighted by Crippen LogP contribution is -2.25. The zero-order valence-corrected chi connectivity index (χ0v) is 15.8. The van der Waals surface area contributed by atoms with Crippen molar-refractivity contribution in [3.63, 3.8) is 0 Å². The van der Waals surface area contributed by atoms with E-state index in [4.69, 9.17) is 14.2 Å². The van der Waals surface area contributed by atoms with Crippen LogP contribution in [0.1, 0.15) is 31.2 Å². The Kier molecular flexibility index (Phi) is 5.44. The summed E-state index contributed by atoms with van der Waals surface area (Å²) < 4.78 is 16.2. The molecule has 3 rings (SSSR count). The molecule has 0 saturated heterocycles. The van der Waals surface area contributed by atoms with Gasteiger partial charge in [-0.05, 0) is 24.3 Å². The third-order valence-corrected chi connectivity index (χ3v) is 4.00. The van der Waals surface area contributed by atoms with Gasteiger partial charge in [0.25, 0.3) is 5.69 Å². The van der Waals surface area contributed by atoms with Crippen LogP contribution in [0.25, 0.3) is 0 Å². The van der Waals surface area contributed by atoms with Crippen LogP contribution in [0, 0.1) is 10.1 Å². The van der Waals surface area contributed by atoms with Crippen LogP contribution in [0.15, 0.2) is 47.6 Å². The van der Waals surface area contributed by atoms with Crippen molar-refractivity contribution in [1.29, 1.82) is 0 Å². The summed E-state index contributed by atoms with van der Waals surface area (Å²) in [4.78, 5) is 33.9. The first-order valence-corrected chi connectivity index (χ1v) is 8.46. The van der Waals surface area contributed by atoms with Crippen molar-refractivity contribution in [3.05, 3.63) is 63.7 Å². The number of nitrogens with zero attached hydrogens (tertiary/aromatic N) is 3. The number of hydrogen-bond acceptors (Lipinski definition) is 8. The number of carbonyl (C=O) groups is 2. The second-order valence-electron chi connectivity index (χ2n) is 6.05. The molecule has 0 aromatic heterocycles. The molecule has 1 atom stereocenters. The topological polar surface area (TPSA) is 121 Å². The molecule has 0 fully saturated rings. The van der Waals surface area contributed by atoms with E-state index in [1.807, 2.05) is 0 Å². The number of nitro benzene ring substituents is 1. The van der Waals surface area contributed by atoms with E-state index in [0.29, 0.717) is 16.9 Å². The average molecular weight is 399 g/mol. The molecule has 10 heteroatoms. The number of hydrazone groups is 1. The molecule has 0 saturated carbocycles. The summed E-state index contributed by atoms with van der Waals surface area (Å²) in [7, 11) is 1.43. The monoisotopic (exact) mass is 399 g/mol. The van der Waals surface area contributed by atoms with Gasteiger partial charge in [0, 0.05) is 37.1 Å². The van der Waals surface area contributed by atoms with Crippen molar-refractivity contribution < 1.29 is 28.7 Å². The van der Waals surface area contributed by atoms with Gasteiger partial charge >= 0.3 is 5.97 Å². The molecule has 1 aliphatic heterocycles. The highest BCUT2D eigenvalue weighted by Gasteiger charge is 2.34. The third-order valence-electron chi connectivity index (χ3n) is 4.00. The fourth-order valence-electron chi connectivity index (χ4n) is 2.73. The minimum absolute atomic E-state index is 0.0544. The maximum Gasteiger partial charge on any atom is 0.308 e. The molecule has 0 bridgehead atoms. The number of carbonyl (C=O) groups excluding carboxylic acids is 2. The highest BCUT2D eigenvalue weighted by molar-refractivity contribution is 5.96. The van der Waals surface area contributed by atoms with Crippen LogP contribution >= 0.6 is 0 Å². The van der Waals surface area contributed by atoms with Gasteiger partial charge in [0.2, 0.25) is 18.0 Å². The Morgan fingerprint density at radius 3 is 2.55 bits per heavy atom. The zero-order chi connectivity index (χ0) is 21.1. The SMILES string of the molecule is COc1ccc([C@H]2OC(c3cccc([N+](=O)[O-])c3)=NN2C(C)=O)cc1OC(C)=O. The van der Waals surface area contributed by atoms with Crippen LogP contribution in [0.5, 0.6) is 11.5 Å². The van der Waals surface area contributed by atoms with Crippen LogP contribution in [0.4, 0.5) is 5.69 Å². The second kappa shape index (κ2) is 7.97. The van der Waals surface area contributed by atoms with E-state index >= 15 is 0 Å². The number of esters is 1. The van der Waals surface area contributed by atoms with E-state index in [2.05, 4.69) is 5.10 Å². The standard InChI is InChI=1S/C19H17N3O7/c1-11(23)21-19(14-7-8-16(27-3)17(10-14)28-12(2)24)29-18(20-21)13-5-4-6-15(9-13)22(25)26/h4-10,19H,1-3H3/t19-/m1/s1. The number of amides is 1. The summed E-state index contributed by atoms with van der Waals surface area (Å²) in [5, 5.41) is 16.3. The Morgan fingerprint density at radius 2 is 1.93 bits per heavy atom. The molecule has 0 radical (unpaired) electrons. The minimum Gasteiger partial charge on any atom is -0.493 e. The molecule has 0 aliphatic carbocycles. The van der Waals surface area contributed by atoms with E-state index < -0.39 is 23.0 Å². The molecule has 1 aliphatic rings. The molecule has 0 N–H and O–H groups in total. The Labute approximate surface area is 165 Å². The molecule has 2 aromatic rings. The van der Waals surface area contributed by atoms with Gasteiger partial charge in [-0.3, -0.25) is 19.7 Å². The first-order chi connectivity index (χ1) is 13.8. The van der Waals surface area contributed by atoms with Crippen molar-refractivity contribution in [2.45, 2.75) is 20.1 Å². The molecular formula is C19H17N3O7. The maximum absolute atomic E-state index is 12.1. The number of benzene rings is 2. The Morgan fingerprint density at radius 1 is 1.17 bits per heavy atom. The molecule has 2 aromatic carbocycles. The summed E-state index contributed by atoms with van der Waals surface area (Å²) in [6, 6.07) is 10.4. The predicted octanol–water partition coefficient (Wildman–Crippen LogP) is 2.77. The molecule has 1 heterocycles. The number of ether oxygens (including phenoxy) is 3. The lowest BCUT2D eigenvalue weighted by molar-refractivity contribution is -0.384. The van der Waals surface area contributed by atoms with Crippen molar-refractivity contribution >= 4 is 23.5 Å². The Bertz CT molecular complexity index is 1020. The summed E-state index contributed by atoms with van der Waals surface area (Å²) in [6.45, 7) is 2.57. The average Bonchev–Trinajstić information content (AvgIpc) is 3.13. The smallest absolute Gasteiger partial charge is 0.308 e. The molecule has 0 spiro atoms. The van der Waals surface area contributed by atoms with E-state index in [1.54, 1.807) is 18.2 Å². The van der Waals surface area contributed by atoms with Crippen LogP contribution in [0.3, 0.4) is 0 Å². The largest absolute Gasteiger partial charge is 0.493 e. The fraction of sp³-hybridized carbons (Fsp3) is 0.211. The lowest BCUT2D eigenvalue weighted by atomic mass is 10.1. The number of hydrogen-bond donors (Lipinski definition) is 0. The van der Waals surface area contributed by atoms with Crippen LogP contribution in [0.2, 0.25) is 0 Å². The van der Waals surface area contributed by atoms with Gasteiger partial charge in [-0.1, -0.05) is 6.07 Å². The summed E-state index contributed by atoms with van der Waals surface area (Å²) in [5.74, 6) is -0.395. The summed E-state index contributed by atoms with van der Waals surface area (Å²) in [5.41, 5.74) is 0.691. The molecule has 150 valence electrons. The van der Waals surface area contributed by atoms with Crippen LogP contribution in [-0.4, -0.2) is 34.8 Å². The first-order valence-electron chi connectivity index (χ1n) is 8.46. The summed E-state index contributed by atoms with van der Waals surface area (Å²) >= 11 is 0.